The Kier molecular flexibility index (Phi) is 8.51. The number of benzene rings is 3. The third kappa shape index (κ3) is 6.86. The van der Waals surface area contributed by atoms with Crippen molar-refractivity contribution in [1.82, 2.24) is 5.32 Å². The summed E-state index contributed by atoms with van der Waals surface area (Å²) >= 11 is 5.30. The molecule has 7 nitrogen and oxygen atoms in total. The summed E-state index contributed by atoms with van der Waals surface area (Å²) < 4.78 is 10.6. The van der Waals surface area contributed by atoms with E-state index in [0.717, 1.165) is 5.56 Å². The van der Waals surface area contributed by atoms with Crippen molar-refractivity contribution < 1.29 is 19.1 Å². The molecule has 0 aliphatic heterocycles. The smallest absolute Gasteiger partial charge is 0.261 e. The third-order valence-corrected chi connectivity index (χ3v) is 4.88. The number of hydrogen-bond donors (Lipinski definition) is 3. The molecule has 0 saturated heterocycles. The highest BCUT2D eigenvalue weighted by molar-refractivity contribution is 7.80. The second-order valence-electron chi connectivity index (χ2n) is 7.10. The molecular formula is C25H25N3O4S. The van der Waals surface area contributed by atoms with Gasteiger partial charge >= 0.3 is 0 Å². The molecule has 0 saturated carbocycles. The predicted molar refractivity (Wildman–Crippen MR) is 133 cm³/mol. The van der Waals surface area contributed by atoms with Crippen LogP contribution in [0.25, 0.3) is 0 Å². The van der Waals surface area contributed by atoms with Crippen molar-refractivity contribution in [2.75, 3.05) is 31.0 Å². The number of anilines is 2. The molecular weight excluding hydrogens is 438 g/mol. The van der Waals surface area contributed by atoms with Gasteiger partial charge in [0.15, 0.2) is 5.11 Å². The first-order valence-corrected chi connectivity index (χ1v) is 10.7. The topological polar surface area (TPSA) is 88.7 Å². The Bertz CT molecular complexity index is 1140. The largest absolute Gasteiger partial charge is 0.490 e. The molecule has 0 bridgehead atoms. The van der Waals surface area contributed by atoms with Crippen molar-refractivity contribution in [2.24, 2.45) is 0 Å². The molecule has 0 spiro atoms. The molecule has 0 radical (unpaired) electrons. The van der Waals surface area contributed by atoms with Gasteiger partial charge in [0.25, 0.3) is 11.8 Å². The number of nitrogens with one attached hydrogen (secondary N) is 3. The van der Waals surface area contributed by atoms with Crippen LogP contribution in [0.5, 0.6) is 5.75 Å². The van der Waals surface area contributed by atoms with E-state index >= 15 is 0 Å². The molecule has 33 heavy (non-hydrogen) atoms. The lowest BCUT2D eigenvalue weighted by Gasteiger charge is -2.14. The highest BCUT2D eigenvalue weighted by Gasteiger charge is 2.14. The van der Waals surface area contributed by atoms with E-state index in [9.17, 15) is 9.59 Å². The summed E-state index contributed by atoms with van der Waals surface area (Å²) in [7, 11) is 1.58. The normalized spacial score (nSPS) is 10.2. The molecule has 2 amide bonds. The third-order valence-electron chi connectivity index (χ3n) is 4.67. The first-order chi connectivity index (χ1) is 16.0. The molecule has 0 aromatic heterocycles. The van der Waals surface area contributed by atoms with Crippen LogP contribution in [-0.2, 0) is 4.74 Å². The number of methoxy groups -OCH3 is 1. The number of amides is 2. The van der Waals surface area contributed by atoms with Crippen molar-refractivity contribution in [3.05, 3.63) is 89.5 Å². The van der Waals surface area contributed by atoms with E-state index in [0.29, 0.717) is 41.5 Å². The van der Waals surface area contributed by atoms with Crippen LogP contribution in [0.15, 0.2) is 72.8 Å². The molecule has 0 unspecified atom stereocenters. The van der Waals surface area contributed by atoms with Gasteiger partial charge in [-0.15, -0.1) is 0 Å². The lowest BCUT2D eigenvalue weighted by atomic mass is 10.1. The molecule has 3 rings (SSSR count). The van der Waals surface area contributed by atoms with Gasteiger partial charge < -0.3 is 20.1 Å². The Morgan fingerprint density at radius 3 is 2.33 bits per heavy atom. The van der Waals surface area contributed by atoms with Crippen LogP contribution in [0.4, 0.5) is 11.4 Å². The number of carbonyl (C=O) groups excluding carboxylic acids is 2. The van der Waals surface area contributed by atoms with Crippen LogP contribution >= 0.6 is 12.2 Å². The fourth-order valence-corrected chi connectivity index (χ4v) is 3.22. The SMILES string of the molecule is COCCOc1ccccc1C(=O)NC(=S)Nc1ccc(NC(=O)c2ccccc2)c(C)c1. The Balaban J connectivity index is 1.60. The van der Waals surface area contributed by atoms with Crippen molar-refractivity contribution in [2.45, 2.75) is 6.92 Å². The lowest BCUT2D eigenvalue weighted by Crippen LogP contribution is -2.34. The molecule has 3 aromatic rings. The summed E-state index contributed by atoms with van der Waals surface area (Å²) in [5.74, 6) is -0.123. The van der Waals surface area contributed by atoms with Crippen LogP contribution < -0.4 is 20.7 Å². The van der Waals surface area contributed by atoms with Crippen molar-refractivity contribution in [1.29, 1.82) is 0 Å². The Morgan fingerprint density at radius 1 is 0.879 bits per heavy atom. The summed E-state index contributed by atoms with van der Waals surface area (Å²) in [5.41, 5.74) is 3.16. The van der Waals surface area contributed by atoms with Gasteiger partial charge in [-0.3, -0.25) is 14.9 Å². The van der Waals surface area contributed by atoms with Gasteiger partial charge in [0.2, 0.25) is 0 Å². The van der Waals surface area contributed by atoms with E-state index in [2.05, 4.69) is 16.0 Å². The number of hydrogen-bond acceptors (Lipinski definition) is 5. The summed E-state index contributed by atoms with van der Waals surface area (Å²) in [6, 6.07) is 21.3. The van der Waals surface area contributed by atoms with Gasteiger partial charge in [0, 0.05) is 24.0 Å². The van der Waals surface area contributed by atoms with Gasteiger partial charge in [0.05, 0.1) is 12.2 Å². The number of rotatable bonds is 8. The van der Waals surface area contributed by atoms with Crippen LogP contribution in [0.2, 0.25) is 0 Å². The van der Waals surface area contributed by atoms with E-state index in [1.54, 1.807) is 55.6 Å². The number of thiocarbonyl (C=S) groups is 1. The van der Waals surface area contributed by atoms with Crippen LogP contribution in [0, 0.1) is 6.92 Å². The summed E-state index contributed by atoms with van der Waals surface area (Å²) in [4.78, 5) is 25.1. The van der Waals surface area contributed by atoms with Gasteiger partial charge in [0.1, 0.15) is 12.4 Å². The van der Waals surface area contributed by atoms with E-state index in [1.165, 1.54) is 0 Å². The fourth-order valence-electron chi connectivity index (χ4n) is 3.01. The number of aryl methyl sites for hydroxylation is 1. The molecule has 3 aromatic carbocycles. The maximum absolute atomic E-state index is 12.7. The average Bonchev–Trinajstić information content (AvgIpc) is 2.81. The second kappa shape index (κ2) is 11.8. The van der Waals surface area contributed by atoms with Gasteiger partial charge in [-0.1, -0.05) is 30.3 Å². The molecule has 0 aliphatic carbocycles. The van der Waals surface area contributed by atoms with Gasteiger partial charge in [-0.2, -0.15) is 0 Å². The number of ether oxygens (including phenoxy) is 2. The molecule has 170 valence electrons. The molecule has 8 heteroatoms. The average molecular weight is 464 g/mol. The molecule has 3 N–H and O–H groups in total. The Labute approximate surface area is 198 Å². The minimum Gasteiger partial charge on any atom is -0.490 e. The quantitative estimate of drug-likeness (QED) is 0.339. The van der Waals surface area contributed by atoms with E-state index in [4.69, 9.17) is 21.7 Å². The standard InChI is InChI=1S/C25H25N3O4S/c1-17-16-19(12-13-21(17)27-23(29)18-8-4-3-5-9-18)26-25(33)28-24(30)20-10-6-7-11-22(20)32-15-14-31-2/h3-13,16H,14-15H2,1-2H3,(H,27,29)(H2,26,28,30,33). The summed E-state index contributed by atoms with van der Waals surface area (Å²) in [6.45, 7) is 2.62. The van der Waals surface area contributed by atoms with Crippen LogP contribution in [0.3, 0.4) is 0 Å². The second-order valence-corrected chi connectivity index (χ2v) is 7.50. The zero-order valence-corrected chi connectivity index (χ0v) is 19.2. The van der Waals surface area contributed by atoms with Crippen molar-refractivity contribution in [3.8, 4) is 5.75 Å². The first kappa shape index (κ1) is 23.9. The van der Waals surface area contributed by atoms with Gasteiger partial charge in [-0.25, -0.2) is 0 Å². The van der Waals surface area contributed by atoms with Crippen LogP contribution in [-0.4, -0.2) is 37.3 Å². The fraction of sp³-hybridized carbons (Fsp3) is 0.160. The maximum atomic E-state index is 12.7. The minimum absolute atomic E-state index is 0.146. The summed E-state index contributed by atoms with van der Waals surface area (Å²) in [5, 5.41) is 8.70. The molecule has 0 atom stereocenters. The lowest BCUT2D eigenvalue weighted by molar-refractivity contribution is 0.0968. The maximum Gasteiger partial charge on any atom is 0.261 e. The molecule has 0 aliphatic rings. The zero-order valence-electron chi connectivity index (χ0n) is 18.4. The highest BCUT2D eigenvalue weighted by atomic mass is 32.1. The first-order valence-electron chi connectivity index (χ1n) is 10.3. The molecule has 0 fully saturated rings. The Hall–Kier alpha value is -3.75. The number of carbonyl (C=O) groups is 2. The zero-order chi connectivity index (χ0) is 23.6. The van der Waals surface area contributed by atoms with Crippen molar-refractivity contribution in [3.63, 3.8) is 0 Å². The minimum atomic E-state index is -0.385. The van der Waals surface area contributed by atoms with Crippen LogP contribution in [0.1, 0.15) is 26.3 Å². The van der Waals surface area contributed by atoms with Gasteiger partial charge in [-0.05, 0) is 67.2 Å². The molecule has 0 heterocycles. The highest BCUT2D eigenvalue weighted by Crippen LogP contribution is 2.21. The predicted octanol–water partition coefficient (Wildman–Crippen LogP) is 4.40. The number of para-hydroxylation sites is 1. The monoisotopic (exact) mass is 463 g/mol. The summed E-state index contributed by atoms with van der Waals surface area (Å²) in [6.07, 6.45) is 0. The van der Waals surface area contributed by atoms with Crippen molar-refractivity contribution >= 4 is 40.5 Å². The van der Waals surface area contributed by atoms with E-state index < -0.39 is 0 Å². The van der Waals surface area contributed by atoms with E-state index in [-0.39, 0.29) is 16.9 Å². The Morgan fingerprint density at radius 2 is 1.61 bits per heavy atom. The van der Waals surface area contributed by atoms with E-state index in [1.807, 2.05) is 31.2 Å².